The van der Waals surface area contributed by atoms with Crippen LogP contribution in [0.4, 0.5) is 22.0 Å². The summed E-state index contributed by atoms with van der Waals surface area (Å²) in [7, 11) is 0. The highest BCUT2D eigenvalue weighted by Crippen LogP contribution is 2.29. The second kappa shape index (κ2) is 7.04. The minimum Gasteiger partial charge on any atom is -0.487 e. The normalized spacial score (nSPS) is 14.1. The quantitative estimate of drug-likeness (QED) is 0.352. The minimum atomic E-state index is -2.22. The zero-order valence-corrected chi connectivity index (χ0v) is 11.4. The highest BCUT2D eigenvalue weighted by atomic mass is 19.2. The number of hydrogen-bond donors (Lipinski definition) is 2. The van der Waals surface area contributed by atoms with Crippen LogP contribution in [0.15, 0.2) is 0 Å². The van der Waals surface area contributed by atoms with E-state index in [1.165, 1.54) is 0 Å². The maximum absolute atomic E-state index is 13.3. The van der Waals surface area contributed by atoms with E-state index in [-0.39, 0.29) is 19.6 Å². The summed E-state index contributed by atoms with van der Waals surface area (Å²) in [6.45, 7) is 1.16. The molecule has 0 bridgehead atoms. The van der Waals surface area contributed by atoms with Crippen LogP contribution >= 0.6 is 0 Å². The van der Waals surface area contributed by atoms with Crippen molar-refractivity contribution < 1.29 is 31.8 Å². The Morgan fingerprint density at radius 3 is 1.90 bits per heavy atom. The predicted octanol–water partition coefficient (Wildman–Crippen LogP) is 2.64. The van der Waals surface area contributed by atoms with Crippen LogP contribution in [0, 0.1) is 29.1 Å². The van der Waals surface area contributed by atoms with Gasteiger partial charge in [0.25, 0.3) is 0 Å². The van der Waals surface area contributed by atoms with E-state index in [2.05, 4.69) is 4.74 Å². The van der Waals surface area contributed by atoms with Crippen molar-refractivity contribution in [2.75, 3.05) is 13.2 Å². The lowest BCUT2D eigenvalue weighted by atomic mass is 9.97. The molecule has 1 aromatic rings. The first-order valence-corrected chi connectivity index (χ1v) is 6.25. The summed E-state index contributed by atoms with van der Waals surface area (Å²) in [5.41, 5.74) is 4.88. The molecule has 0 aliphatic rings. The van der Waals surface area contributed by atoms with Crippen molar-refractivity contribution >= 4 is 0 Å². The third-order valence-electron chi connectivity index (χ3n) is 2.92. The first kappa shape index (κ1) is 17.6. The van der Waals surface area contributed by atoms with Gasteiger partial charge < -0.3 is 15.6 Å². The van der Waals surface area contributed by atoms with Crippen LogP contribution in [0.25, 0.3) is 0 Å². The number of hydrogen-bond acceptors (Lipinski definition) is 3. The lowest BCUT2D eigenvalue weighted by molar-refractivity contribution is 0.192. The van der Waals surface area contributed by atoms with Crippen molar-refractivity contribution in [1.82, 2.24) is 0 Å². The van der Waals surface area contributed by atoms with E-state index in [4.69, 9.17) is 10.8 Å². The molecule has 0 fully saturated rings. The third kappa shape index (κ3) is 4.28. The van der Waals surface area contributed by atoms with Gasteiger partial charge in [-0.2, -0.15) is 8.78 Å². The van der Waals surface area contributed by atoms with Gasteiger partial charge >= 0.3 is 0 Å². The van der Waals surface area contributed by atoms with Crippen molar-refractivity contribution in [3.05, 3.63) is 29.1 Å². The Hall–Kier alpha value is -1.41. The Bertz CT molecular complexity index is 479. The number of unbranched alkanes of at least 4 members (excludes halogenated alkanes) is 1. The number of halogens is 5. The smallest absolute Gasteiger partial charge is 0.206 e. The summed E-state index contributed by atoms with van der Waals surface area (Å²) in [5, 5.41) is 8.91. The summed E-state index contributed by atoms with van der Waals surface area (Å²) in [6, 6.07) is 0. The van der Waals surface area contributed by atoms with Crippen molar-refractivity contribution in [3.63, 3.8) is 0 Å². The van der Waals surface area contributed by atoms with Crippen LogP contribution in [-0.2, 0) is 0 Å². The van der Waals surface area contributed by atoms with Crippen molar-refractivity contribution in [2.45, 2.75) is 31.7 Å². The maximum Gasteiger partial charge on any atom is 0.206 e. The molecule has 0 aromatic heterocycles. The molecule has 3 nitrogen and oxygen atoms in total. The van der Waals surface area contributed by atoms with Gasteiger partial charge in [0.2, 0.25) is 29.1 Å². The SMILES string of the molecule is CC(N)(CO)CCCCOc1c(F)c(F)c(F)c(F)c1F. The van der Waals surface area contributed by atoms with Crippen LogP contribution < -0.4 is 10.5 Å². The molecule has 0 spiro atoms. The Morgan fingerprint density at radius 1 is 0.952 bits per heavy atom. The average Bonchev–Trinajstić information content (AvgIpc) is 2.46. The third-order valence-corrected chi connectivity index (χ3v) is 2.92. The Morgan fingerprint density at radius 2 is 1.43 bits per heavy atom. The largest absolute Gasteiger partial charge is 0.487 e. The topological polar surface area (TPSA) is 55.5 Å². The van der Waals surface area contributed by atoms with E-state index in [0.29, 0.717) is 12.8 Å². The minimum absolute atomic E-state index is 0.231. The first-order valence-electron chi connectivity index (χ1n) is 6.25. The predicted molar refractivity (Wildman–Crippen MR) is 65.3 cm³/mol. The fourth-order valence-electron chi connectivity index (χ4n) is 1.60. The van der Waals surface area contributed by atoms with E-state index < -0.39 is 40.4 Å². The fraction of sp³-hybridized carbons (Fsp3) is 0.538. The second-order valence-corrected chi connectivity index (χ2v) is 5.02. The van der Waals surface area contributed by atoms with E-state index in [9.17, 15) is 22.0 Å². The molecule has 0 heterocycles. The van der Waals surface area contributed by atoms with Crippen molar-refractivity contribution in [3.8, 4) is 5.75 Å². The highest BCUT2D eigenvalue weighted by molar-refractivity contribution is 5.29. The van der Waals surface area contributed by atoms with Gasteiger partial charge in [-0.25, -0.2) is 13.2 Å². The van der Waals surface area contributed by atoms with Gasteiger partial charge in [-0.3, -0.25) is 0 Å². The molecule has 1 rings (SSSR count). The molecule has 120 valence electrons. The molecule has 0 aliphatic heterocycles. The summed E-state index contributed by atoms with van der Waals surface area (Å²) in [6.07, 6.45) is 1.17. The monoisotopic (exact) mass is 313 g/mol. The molecule has 0 saturated heterocycles. The van der Waals surface area contributed by atoms with Gasteiger partial charge in [0.1, 0.15) is 0 Å². The number of rotatable bonds is 7. The summed E-state index contributed by atoms with van der Waals surface area (Å²) in [5.74, 6) is -11.6. The zero-order valence-electron chi connectivity index (χ0n) is 11.4. The van der Waals surface area contributed by atoms with Gasteiger partial charge in [0, 0.05) is 5.54 Å². The highest BCUT2D eigenvalue weighted by Gasteiger charge is 2.27. The Kier molecular flexibility index (Phi) is 5.91. The average molecular weight is 313 g/mol. The van der Waals surface area contributed by atoms with Gasteiger partial charge in [-0.15, -0.1) is 0 Å². The van der Waals surface area contributed by atoms with E-state index >= 15 is 0 Å². The molecule has 8 heteroatoms. The van der Waals surface area contributed by atoms with Gasteiger partial charge in [-0.1, -0.05) is 0 Å². The number of nitrogens with two attached hydrogens (primary N) is 1. The van der Waals surface area contributed by atoms with Crippen LogP contribution in [0.5, 0.6) is 5.75 Å². The molecular weight excluding hydrogens is 297 g/mol. The molecule has 21 heavy (non-hydrogen) atoms. The first-order chi connectivity index (χ1) is 9.71. The van der Waals surface area contributed by atoms with Crippen LogP contribution in [0.2, 0.25) is 0 Å². The lowest BCUT2D eigenvalue weighted by Crippen LogP contribution is -2.39. The van der Waals surface area contributed by atoms with Gasteiger partial charge in [0.15, 0.2) is 5.75 Å². The number of benzene rings is 1. The van der Waals surface area contributed by atoms with E-state index in [1.54, 1.807) is 6.92 Å². The number of aliphatic hydroxyl groups excluding tert-OH is 1. The molecule has 1 aromatic carbocycles. The van der Waals surface area contributed by atoms with E-state index in [1.807, 2.05) is 0 Å². The molecular formula is C13H16F5NO2. The molecule has 0 amide bonds. The molecule has 1 atom stereocenters. The van der Waals surface area contributed by atoms with Crippen LogP contribution in [0.1, 0.15) is 26.2 Å². The standard InChI is InChI=1S/C13H16F5NO2/c1-13(19,6-20)4-2-3-5-21-12-10(17)8(15)7(14)9(16)11(12)18/h20H,2-6,19H2,1H3. The lowest BCUT2D eigenvalue weighted by Gasteiger charge is -2.21. The Balaban J connectivity index is 2.61. The second-order valence-electron chi connectivity index (χ2n) is 5.02. The number of aliphatic hydroxyl groups is 1. The summed E-state index contributed by atoms with van der Waals surface area (Å²) >= 11 is 0. The van der Waals surface area contributed by atoms with Crippen molar-refractivity contribution in [2.24, 2.45) is 5.73 Å². The van der Waals surface area contributed by atoms with Gasteiger partial charge in [-0.05, 0) is 26.2 Å². The molecule has 0 radical (unpaired) electrons. The van der Waals surface area contributed by atoms with Crippen molar-refractivity contribution in [1.29, 1.82) is 0 Å². The summed E-state index contributed by atoms with van der Waals surface area (Å²) < 4.78 is 69.7. The molecule has 0 saturated carbocycles. The fourth-order valence-corrected chi connectivity index (χ4v) is 1.60. The maximum atomic E-state index is 13.3. The molecule has 0 aliphatic carbocycles. The summed E-state index contributed by atoms with van der Waals surface area (Å²) in [4.78, 5) is 0. The van der Waals surface area contributed by atoms with Crippen LogP contribution in [0.3, 0.4) is 0 Å². The van der Waals surface area contributed by atoms with E-state index in [0.717, 1.165) is 0 Å². The molecule has 3 N–H and O–H groups in total. The van der Waals surface area contributed by atoms with Crippen LogP contribution in [-0.4, -0.2) is 23.9 Å². The number of ether oxygens (including phenoxy) is 1. The Labute approximate surface area is 118 Å². The molecule has 1 unspecified atom stereocenters. The zero-order chi connectivity index (χ0) is 16.2. The van der Waals surface area contributed by atoms with Gasteiger partial charge in [0.05, 0.1) is 13.2 Å².